The van der Waals surface area contributed by atoms with Gasteiger partial charge in [0.25, 0.3) is 0 Å². The highest BCUT2D eigenvalue weighted by atomic mass is 32.2. The average molecular weight is 543 g/mol. The van der Waals surface area contributed by atoms with Gasteiger partial charge in [0.05, 0.1) is 45.4 Å². The van der Waals surface area contributed by atoms with E-state index in [2.05, 4.69) is 10.3 Å². The molecule has 0 spiro atoms. The van der Waals surface area contributed by atoms with Crippen LogP contribution in [0.1, 0.15) is 21.6 Å². The van der Waals surface area contributed by atoms with Gasteiger partial charge >= 0.3 is 0 Å². The van der Waals surface area contributed by atoms with Gasteiger partial charge in [-0.1, -0.05) is 0 Å². The zero-order valence-corrected chi connectivity index (χ0v) is 22.0. The van der Waals surface area contributed by atoms with E-state index in [1.54, 1.807) is 18.2 Å². The van der Waals surface area contributed by atoms with E-state index < -0.39 is 21.4 Å². The molecule has 3 rings (SSSR count). The van der Waals surface area contributed by atoms with Crippen molar-refractivity contribution in [2.24, 2.45) is 0 Å². The number of nitrogens with one attached hydrogen (secondary N) is 1. The number of halogens is 1. The Bertz CT molecular complexity index is 1430. The lowest BCUT2D eigenvalue weighted by Crippen LogP contribution is -2.05. The lowest BCUT2D eigenvalue weighted by Gasteiger charge is -2.12. The van der Waals surface area contributed by atoms with E-state index in [1.807, 2.05) is 0 Å². The molecule has 1 aromatic heterocycles. The van der Waals surface area contributed by atoms with Crippen molar-refractivity contribution in [3.63, 3.8) is 0 Å². The summed E-state index contributed by atoms with van der Waals surface area (Å²) in [6, 6.07) is 11.5. The molecule has 1 N–H and O–H groups in total. The molecule has 0 unspecified atom stereocenters. The predicted molar refractivity (Wildman–Crippen MR) is 142 cm³/mol. The van der Waals surface area contributed by atoms with Crippen LogP contribution in [0, 0.1) is 5.82 Å². The quantitative estimate of drug-likeness (QED) is 0.258. The lowest BCUT2D eigenvalue weighted by atomic mass is 10.1. The monoisotopic (exact) mass is 542 g/mol. The standard InChI is InChI=1S/C27H27FN2O7S/c1-34-21-15-25(36-3)22(26(16-21)37-4)12-14-38(32,33)17-20-9-10-24(35-2)27(30-20)29-13-11-23(31)18-5-7-19(28)8-6-18/h5-16H,17H2,1-4H3,(H,29,30). The van der Waals surface area contributed by atoms with Crippen LogP contribution in [0.15, 0.2) is 66.2 Å². The number of carbonyl (C=O) groups is 1. The molecule has 0 radical (unpaired) electrons. The number of aromatic nitrogens is 1. The summed E-state index contributed by atoms with van der Waals surface area (Å²) < 4.78 is 60.0. The lowest BCUT2D eigenvalue weighted by molar-refractivity contribution is 0.104. The van der Waals surface area contributed by atoms with Gasteiger partial charge in [-0.25, -0.2) is 17.8 Å². The number of methoxy groups -OCH3 is 4. The van der Waals surface area contributed by atoms with E-state index in [9.17, 15) is 17.6 Å². The van der Waals surface area contributed by atoms with Crippen molar-refractivity contribution in [1.29, 1.82) is 0 Å². The van der Waals surface area contributed by atoms with Crippen LogP contribution >= 0.6 is 0 Å². The van der Waals surface area contributed by atoms with Crippen molar-refractivity contribution in [1.82, 2.24) is 4.98 Å². The number of carbonyl (C=O) groups excluding carboxylic acids is 1. The number of hydrogen-bond donors (Lipinski definition) is 1. The second-order valence-electron chi connectivity index (χ2n) is 7.76. The fraction of sp³-hybridized carbons (Fsp3) is 0.185. The van der Waals surface area contributed by atoms with Crippen LogP contribution in [0.2, 0.25) is 0 Å². The SMILES string of the molecule is COc1cc(OC)c(C=CS(=O)(=O)Cc2ccc(OC)c(NC=CC(=O)c3ccc(F)cc3)n2)c(OC)c1. The summed E-state index contributed by atoms with van der Waals surface area (Å²) in [5, 5.41) is 3.89. The minimum atomic E-state index is -3.77. The Morgan fingerprint density at radius 2 is 1.55 bits per heavy atom. The third-order valence-corrected chi connectivity index (χ3v) is 6.51. The molecule has 0 saturated carbocycles. The molecule has 0 atom stereocenters. The van der Waals surface area contributed by atoms with Crippen LogP contribution in [-0.4, -0.2) is 47.6 Å². The molecular formula is C27H27FN2O7S. The van der Waals surface area contributed by atoms with Crippen LogP contribution in [0.25, 0.3) is 6.08 Å². The van der Waals surface area contributed by atoms with E-state index in [-0.39, 0.29) is 17.3 Å². The zero-order valence-electron chi connectivity index (χ0n) is 21.2. The number of rotatable bonds is 12. The summed E-state index contributed by atoms with van der Waals surface area (Å²) in [5.41, 5.74) is 0.978. The minimum absolute atomic E-state index is 0.214. The smallest absolute Gasteiger partial charge is 0.187 e. The Morgan fingerprint density at radius 3 is 2.13 bits per heavy atom. The number of anilines is 1. The normalized spacial score (nSPS) is 11.5. The van der Waals surface area contributed by atoms with Gasteiger partial charge in [-0.05, 0) is 42.5 Å². The highest BCUT2D eigenvalue weighted by Crippen LogP contribution is 2.35. The van der Waals surface area contributed by atoms with Gasteiger partial charge in [0.1, 0.15) is 23.1 Å². The molecule has 0 amide bonds. The van der Waals surface area contributed by atoms with Crippen LogP contribution < -0.4 is 24.3 Å². The van der Waals surface area contributed by atoms with Crippen LogP contribution in [-0.2, 0) is 15.6 Å². The van der Waals surface area contributed by atoms with Gasteiger partial charge in [0.15, 0.2) is 27.2 Å². The van der Waals surface area contributed by atoms with Crippen LogP contribution in [0.4, 0.5) is 10.2 Å². The van der Waals surface area contributed by atoms with Crippen molar-refractivity contribution in [3.05, 3.63) is 88.9 Å². The zero-order chi connectivity index (χ0) is 27.7. The second-order valence-corrected chi connectivity index (χ2v) is 9.64. The van der Waals surface area contributed by atoms with Gasteiger partial charge in [-0.2, -0.15) is 0 Å². The Balaban J connectivity index is 1.78. The molecule has 9 nitrogen and oxygen atoms in total. The number of nitrogens with zero attached hydrogens (tertiary/aromatic N) is 1. The molecule has 0 saturated heterocycles. The van der Waals surface area contributed by atoms with E-state index >= 15 is 0 Å². The Morgan fingerprint density at radius 1 is 0.921 bits per heavy atom. The first kappa shape index (κ1) is 28.2. The van der Waals surface area contributed by atoms with Crippen molar-refractivity contribution in [2.45, 2.75) is 5.75 Å². The molecule has 0 fully saturated rings. The van der Waals surface area contributed by atoms with Gasteiger partial charge in [0.2, 0.25) is 0 Å². The summed E-state index contributed by atoms with van der Waals surface area (Å²) in [4.78, 5) is 16.6. The summed E-state index contributed by atoms with van der Waals surface area (Å²) in [7, 11) is 2.08. The molecule has 38 heavy (non-hydrogen) atoms. The summed E-state index contributed by atoms with van der Waals surface area (Å²) >= 11 is 0. The number of ether oxygens (including phenoxy) is 4. The molecule has 2 aromatic carbocycles. The number of pyridine rings is 1. The molecule has 11 heteroatoms. The van der Waals surface area contributed by atoms with Gasteiger partial charge in [-0.15, -0.1) is 0 Å². The molecule has 0 aliphatic heterocycles. The molecule has 1 heterocycles. The summed E-state index contributed by atoms with van der Waals surface area (Å²) in [5.74, 6) is 0.605. The third kappa shape index (κ3) is 7.32. The fourth-order valence-corrected chi connectivity index (χ4v) is 4.38. The number of hydrogen-bond acceptors (Lipinski definition) is 9. The maximum absolute atomic E-state index is 13.1. The van der Waals surface area contributed by atoms with E-state index in [0.29, 0.717) is 34.1 Å². The second kappa shape index (κ2) is 12.7. The van der Waals surface area contributed by atoms with Crippen LogP contribution in [0.5, 0.6) is 23.0 Å². The Labute approximate surface area is 220 Å². The number of allylic oxidation sites excluding steroid dienone is 1. The number of benzene rings is 2. The van der Waals surface area contributed by atoms with Crippen molar-refractivity contribution in [3.8, 4) is 23.0 Å². The summed E-state index contributed by atoms with van der Waals surface area (Å²) in [6.45, 7) is 0. The fourth-order valence-electron chi connectivity index (χ4n) is 3.36. The topological polar surface area (TPSA) is 113 Å². The molecule has 3 aromatic rings. The van der Waals surface area contributed by atoms with Crippen LogP contribution in [0.3, 0.4) is 0 Å². The third-order valence-electron chi connectivity index (χ3n) is 5.26. The molecule has 0 aliphatic rings. The molecule has 0 aliphatic carbocycles. The average Bonchev–Trinajstić information content (AvgIpc) is 2.91. The first-order chi connectivity index (χ1) is 18.2. The van der Waals surface area contributed by atoms with Gasteiger partial charge in [0, 0.05) is 35.4 Å². The van der Waals surface area contributed by atoms with Crippen molar-refractivity contribution in [2.75, 3.05) is 33.8 Å². The Hall–Kier alpha value is -4.38. The van der Waals surface area contributed by atoms with E-state index in [1.165, 1.54) is 77.1 Å². The predicted octanol–water partition coefficient (Wildman–Crippen LogP) is 4.65. The first-order valence-corrected chi connectivity index (χ1v) is 12.9. The van der Waals surface area contributed by atoms with Gasteiger partial charge < -0.3 is 24.3 Å². The molecular weight excluding hydrogens is 515 g/mol. The van der Waals surface area contributed by atoms with Crippen molar-refractivity contribution < 1.29 is 36.6 Å². The Kier molecular flexibility index (Phi) is 9.44. The summed E-state index contributed by atoms with van der Waals surface area (Å²) in [6.07, 6.45) is 3.98. The maximum Gasteiger partial charge on any atom is 0.187 e. The van der Waals surface area contributed by atoms with E-state index in [0.717, 1.165) is 5.41 Å². The van der Waals surface area contributed by atoms with Crippen molar-refractivity contribution >= 4 is 27.5 Å². The largest absolute Gasteiger partial charge is 0.496 e. The number of ketones is 1. The maximum atomic E-state index is 13.1. The molecule has 0 bridgehead atoms. The minimum Gasteiger partial charge on any atom is -0.496 e. The molecule has 200 valence electrons. The first-order valence-electron chi connectivity index (χ1n) is 11.2. The number of sulfone groups is 1. The highest BCUT2D eigenvalue weighted by Gasteiger charge is 2.15. The van der Waals surface area contributed by atoms with E-state index in [4.69, 9.17) is 18.9 Å². The highest BCUT2D eigenvalue weighted by molar-refractivity contribution is 7.93. The van der Waals surface area contributed by atoms with Gasteiger partial charge in [-0.3, -0.25) is 4.79 Å².